The van der Waals surface area contributed by atoms with E-state index >= 15 is 0 Å². The van der Waals surface area contributed by atoms with Gasteiger partial charge in [0.2, 0.25) is 8.32 Å². The Hall–Kier alpha value is 0.377. The number of hydrogen-bond acceptors (Lipinski definition) is 5. The first kappa shape index (κ1) is 19.4. The summed E-state index contributed by atoms with van der Waals surface area (Å²) in [5.41, 5.74) is -0.164. The lowest BCUT2D eigenvalue weighted by atomic mass is 9.84. The normalized spacial score (nSPS) is 19.9. The molecule has 1 atom stereocenters. The third-order valence-electron chi connectivity index (χ3n) is 3.28. The number of methoxy groups -OCH3 is 1. The van der Waals surface area contributed by atoms with Crippen molar-refractivity contribution in [1.29, 1.82) is 0 Å². The Morgan fingerprint density at radius 2 is 1.86 bits per heavy atom. The van der Waals surface area contributed by atoms with E-state index in [0.29, 0.717) is 11.4 Å². The third kappa shape index (κ3) is 5.82. The van der Waals surface area contributed by atoms with E-state index in [2.05, 4.69) is 46.5 Å². The van der Waals surface area contributed by atoms with Crippen LogP contribution in [0.1, 0.15) is 20.8 Å². The Labute approximate surface area is 139 Å². The zero-order valence-electron chi connectivity index (χ0n) is 14.4. The number of rotatable bonds is 8. The van der Waals surface area contributed by atoms with Crippen LogP contribution in [0.15, 0.2) is 11.8 Å². The van der Waals surface area contributed by atoms with Crippen molar-refractivity contribution in [3.05, 3.63) is 11.8 Å². The van der Waals surface area contributed by atoms with Gasteiger partial charge in [0.1, 0.15) is 6.79 Å². The molecule has 0 saturated carbocycles. The number of ether oxygens (including phenoxy) is 2. The minimum atomic E-state index is -1.64. The first-order chi connectivity index (χ1) is 9.72. The standard InChI is InChI=1S/C15H30O3S2Si/c1-8-12(18-21(5,6)7)15(2,3)13(17-11-16-4)14-19-9-10-20-14/h8,13-14H,9-11H2,1-7H3/b12-8-/t13-/m0/s1. The zero-order chi connectivity index (χ0) is 16.1. The monoisotopic (exact) mass is 350 g/mol. The number of thioether (sulfide) groups is 2. The van der Waals surface area contributed by atoms with Gasteiger partial charge in [0.15, 0.2) is 0 Å². The van der Waals surface area contributed by atoms with E-state index in [9.17, 15) is 0 Å². The molecule has 0 aromatic rings. The van der Waals surface area contributed by atoms with E-state index in [4.69, 9.17) is 13.9 Å². The van der Waals surface area contributed by atoms with Crippen molar-refractivity contribution < 1.29 is 13.9 Å². The van der Waals surface area contributed by atoms with Gasteiger partial charge in [-0.25, -0.2) is 0 Å². The van der Waals surface area contributed by atoms with Crippen LogP contribution in [0.3, 0.4) is 0 Å². The van der Waals surface area contributed by atoms with E-state index in [0.717, 1.165) is 5.76 Å². The van der Waals surface area contributed by atoms with Crippen molar-refractivity contribution in [2.45, 2.75) is 51.1 Å². The van der Waals surface area contributed by atoms with E-state index in [1.165, 1.54) is 11.5 Å². The molecule has 1 aliphatic heterocycles. The summed E-state index contributed by atoms with van der Waals surface area (Å²) in [6, 6.07) is 0. The van der Waals surface area contributed by atoms with Gasteiger partial charge in [0.25, 0.3) is 0 Å². The molecule has 21 heavy (non-hydrogen) atoms. The summed E-state index contributed by atoms with van der Waals surface area (Å²) in [6.07, 6.45) is 2.18. The fourth-order valence-corrected chi connectivity index (χ4v) is 6.78. The molecule has 0 aliphatic carbocycles. The molecule has 0 aromatic heterocycles. The lowest BCUT2D eigenvalue weighted by Gasteiger charge is -2.40. The van der Waals surface area contributed by atoms with E-state index in [1.807, 2.05) is 23.5 Å². The second-order valence-electron chi connectivity index (χ2n) is 6.69. The number of allylic oxidation sites excluding steroid dienone is 1. The van der Waals surface area contributed by atoms with E-state index in [-0.39, 0.29) is 11.5 Å². The molecule has 1 aliphatic rings. The molecule has 0 bridgehead atoms. The van der Waals surface area contributed by atoms with Crippen LogP contribution >= 0.6 is 23.5 Å². The molecule has 1 rings (SSSR count). The molecule has 1 saturated heterocycles. The summed E-state index contributed by atoms with van der Waals surface area (Å²) < 4.78 is 18.0. The van der Waals surface area contributed by atoms with Crippen LogP contribution in [0, 0.1) is 5.41 Å². The largest absolute Gasteiger partial charge is 0.547 e. The summed E-state index contributed by atoms with van der Waals surface area (Å²) in [5.74, 6) is 3.44. The Morgan fingerprint density at radius 3 is 2.29 bits per heavy atom. The van der Waals surface area contributed by atoms with Gasteiger partial charge in [-0.2, -0.15) is 0 Å². The minimum absolute atomic E-state index is 0.0810. The molecule has 0 N–H and O–H groups in total. The van der Waals surface area contributed by atoms with Gasteiger partial charge in [-0.1, -0.05) is 19.9 Å². The average Bonchev–Trinajstić information content (AvgIpc) is 2.88. The second-order valence-corrected chi connectivity index (χ2v) is 13.9. The molecular formula is C15H30O3S2Si. The van der Waals surface area contributed by atoms with Crippen molar-refractivity contribution in [3.63, 3.8) is 0 Å². The summed E-state index contributed by atoms with van der Waals surface area (Å²) in [4.78, 5) is 0. The van der Waals surface area contributed by atoms with Gasteiger partial charge in [0, 0.05) is 24.0 Å². The molecule has 0 radical (unpaired) electrons. The molecule has 0 spiro atoms. The van der Waals surface area contributed by atoms with Crippen LogP contribution in [-0.2, 0) is 13.9 Å². The molecular weight excluding hydrogens is 320 g/mol. The highest BCUT2D eigenvalue weighted by Gasteiger charge is 2.43. The molecule has 1 heterocycles. The molecule has 0 amide bonds. The summed E-state index contributed by atoms with van der Waals surface area (Å²) in [7, 11) is 0.0383. The molecule has 0 aromatic carbocycles. The van der Waals surface area contributed by atoms with Crippen LogP contribution in [0.25, 0.3) is 0 Å². The van der Waals surface area contributed by atoms with Crippen LogP contribution in [-0.4, -0.2) is 44.4 Å². The lowest BCUT2D eigenvalue weighted by Crippen LogP contribution is -2.43. The SMILES string of the molecule is C/C=C(\O[Si](C)(C)C)C(C)(C)[C@@H](OCOC)C1SCCS1. The first-order valence-corrected chi connectivity index (χ1v) is 12.9. The third-order valence-corrected chi connectivity index (χ3v) is 7.22. The van der Waals surface area contributed by atoms with Crippen LogP contribution in [0.5, 0.6) is 0 Å². The maximum absolute atomic E-state index is 6.33. The maximum Gasteiger partial charge on any atom is 0.241 e. The van der Waals surface area contributed by atoms with Crippen molar-refractivity contribution in [1.82, 2.24) is 0 Å². The second kappa shape index (κ2) is 8.29. The Kier molecular flexibility index (Phi) is 7.67. The van der Waals surface area contributed by atoms with Gasteiger partial charge in [-0.15, -0.1) is 23.5 Å². The van der Waals surface area contributed by atoms with E-state index in [1.54, 1.807) is 7.11 Å². The summed E-state index contributed by atoms with van der Waals surface area (Å²) in [6.45, 7) is 13.5. The number of hydrogen-bond donors (Lipinski definition) is 0. The van der Waals surface area contributed by atoms with Gasteiger partial charge < -0.3 is 13.9 Å². The Bertz CT molecular complexity index is 347. The highest BCUT2D eigenvalue weighted by Crippen LogP contribution is 2.45. The quantitative estimate of drug-likeness (QED) is 0.363. The maximum atomic E-state index is 6.33. The zero-order valence-corrected chi connectivity index (χ0v) is 17.0. The Balaban J connectivity index is 2.94. The molecule has 124 valence electrons. The molecule has 1 fully saturated rings. The van der Waals surface area contributed by atoms with Gasteiger partial charge in [-0.05, 0) is 26.6 Å². The minimum Gasteiger partial charge on any atom is -0.547 e. The fourth-order valence-electron chi connectivity index (χ4n) is 2.35. The van der Waals surface area contributed by atoms with Crippen LogP contribution in [0.2, 0.25) is 19.6 Å². The van der Waals surface area contributed by atoms with E-state index < -0.39 is 8.32 Å². The molecule has 6 heteroatoms. The van der Waals surface area contributed by atoms with Crippen LogP contribution < -0.4 is 0 Å². The smallest absolute Gasteiger partial charge is 0.241 e. The van der Waals surface area contributed by atoms with Gasteiger partial charge >= 0.3 is 0 Å². The topological polar surface area (TPSA) is 27.7 Å². The van der Waals surface area contributed by atoms with Crippen molar-refractivity contribution in [2.24, 2.45) is 5.41 Å². The summed E-state index contributed by atoms with van der Waals surface area (Å²) >= 11 is 3.97. The van der Waals surface area contributed by atoms with Crippen LogP contribution in [0.4, 0.5) is 0 Å². The molecule has 3 nitrogen and oxygen atoms in total. The fraction of sp³-hybridized carbons (Fsp3) is 0.867. The van der Waals surface area contributed by atoms with Crippen molar-refractivity contribution >= 4 is 31.8 Å². The highest BCUT2D eigenvalue weighted by molar-refractivity contribution is 8.20. The van der Waals surface area contributed by atoms with Gasteiger partial charge in [-0.3, -0.25) is 0 Å². The summed E-state index contributed by atoms with van der Waals surface area (Å²) in [5, 5.41) is 0. The predicted octanol–water partition coefficient (Wildman–Crippen LogP) is 4.56. The predicted molar refractivity (Wildman–Crippen MR) is 97.4 cm³/mol. The van der Waals surface area contributed by atoms with Gasteiger partial charge in [0.05, 0.1) is 16.4 Å². The lowest BCUT2D eigenvalue weighted by molar-refractivity contribution is -0.102. The average molecular weight is 351 g/mol. The molecule has 0 unspecified atom stereocenters. The first-order valence-electron chi connectivity index (χ1n) is 7.42. The van der Waals surface area contributed by atoms with Crippen molar-refractivity contribution in [2.75, 3.05) is 25.4 Å². The Morgan fingerprint density at radius 1 is 1.29 bits per heavy atom. The van der Waals surface area contributed by atoms with Crippen molar-refractivity contribution in [3.8, 4) is 0 Å². The highest BCUT2D eigenvalue weighted by atomic mass is 32.2.